The van der Waals surface area contributed by atoms with E-state index in [0.29, 0.717) is 0 Å². The van der Waals surface area contributed by atoms with Crippen molar-refractivity contribution in [1.82, 2.24) is 4.98 Å². The molecule has 0 saturated heterocycles. The van der Waals surface area contributed by atoms with Gasteiger partial charge in [0.1, 0.15) is 18.5 Å². The molecule has 1 unspecified atom stereocenters. The highest BCUT2D eigenvalue weighted by Gasteiger charge is 2.21. The molecule has 0 aliphatic heterocycles. The van der Waals surface area contributed by atoms with E-state index in [9.17, 15) is 4.79 Å². The SMILES string of the molecule is Cc1ccccc1C(CC(=O)OCc1ccccc1)Oc1cccc2[nH]ccc12. The molecule has 29 heavy (non-hydrogen) atoms. The molecule has 0 radical (unpaired) electrons. The Hall–Kier alpha value is -3.53. The van der Waals surface area contributed by atoms with E-state index in [4.69, 9.17) is 9.47 Å². The van der Waals surface area contributed by atoms with E-state index in [0.717, 1.165) is 33.3 Å². The lowest BCUT2D eigenvalue weighted by Crippen LogP contribution is -2.16. The number of hydrogen-bond acceptors (Lipinski definition) is 3. The zero-order chi connectivity index (χ0) is 20.1. The summed E-state index contributed by atoms with van der Waals surface area (Å²) < 4.78 is 11.9. The number of carbonyl (C=O) groups excluding carboxylic acids is 1. The summed E-state index contributed by atoms with van der Waals surface area (Å²) >= 11 is 0. The Labute approximate surface area is 170 Å². The molecule has 3 aromatic carbocycles. The summed E-state index contributed by atoms with van der Waals surface area (Å²) in [5, 5.41) is 0.990. The molecular weight excluding hydrogens is 362 g/mol. The Morgan fingerprint density at radius 2 is 1.72 bits per heavy atom. The molecule has 0 fully saturated rings. The molecule has 0 spiro atoms. The van der Waals surface area contributed by atoms with Crippen LogP contribution in [0.3, 0.4) is 0 Å². The van der Waals surface area contributed by atoms with Crippen molar-refractivity contribution in [3.63, 3.8) is 0 Å². The molecule has 4 aromatic rings. The molecule has 0 bridgehead atoms. The van der Waals surface area contributed by atoms with Crippen LogP contribution < -0.4 is 4.74 Å². The van der Waals surface area contributed by atoms with Crippen molar-refractivity contribution in [2.75, 3.05) is 0 Å². The van der Waals surface area contributed by atoms with Crippen molar-refractivity contribution in [3.8, 4) is 5.75 Å². The van der Waals surface area contributed by atoms with Gasteiger partial charge in [-0.05, 0) is 41.8 Å². The minimum absolute atomic E-state index is 0.137. The van der Waals surface area contributed by atoms with Crippen LogP contribution in [-0.4, -0.2) is 11.0 Å². The Morgan fingerprint density at radius 1 is 0.931 bits per heavy atom. The van der Waals surface area contributed by atoms with Gasteiger partial charge in [0.15, 0.2) is 0 Å². The Morgan fingerprint density at radius 3 is 2.55 bits per heavy atom. The monoisotopic (exact) mass is 385 g/mol. The molecule has 0 amide bonds. The predicted octanol–water partition coefficient (Wildman–Crippen LogP) is 5.73. The maximum Gasteiger partial charge on any atom is 0.310 e. The third-order valence-electron chi connectivity index (χ3n) is 4.95. The van der Waals surface area contributed by atoms with Crippen LogP contribution in [-0.2, 0) is 16.1 Å². The molecule has 4 nitrogen and oxygen atoms in total. The summed E-state index contributed by atoms with van der Waals surface area (Å²) in [4.78, 5) is 15.8. The minimum Gasteiger partial charge on any atom is -0.484 e. The molecule has 0 saturated carbocycles. The molecule has 1 aromatic heterocycles. The minimum atomic E-state index is -0.431. The first-order chi connectivity index (χ1) is 14.2. The van der Waals surface area contributed by atoms with E-state index < -0.39 is 6.10 Å². The second kappa shape index (κ2) is 8.65. The van der Waals surface area contributed by atoms with Crippen molar-refractivity contribution >= 4 is 16.9 Å². The van der Waals surface area contributed by atoms with Crippen molar-refractivity contribution in [2.45, 2.75) is 26.1 Å². The fourth-order valence-corrected chi connectivity index (χ4v) is 3.42. The highest BCUT2D eigenvalue weighted by molar-refractivity contribution is 5.85. The summed E-state index contributed by atoms with van der Waals surface area (Å²) in [7, 11) is 0. The maximum absolute atomic E-state index is 12.6. The molecule has 1 N–H and O–H groups in total. The fourth-order valence-electron chi connectivity index (χ4n) is 3.42. The summed E-state index contributed by atoms with van der Waals surface area (Å²) in [6.07, 6.45) is 1.59. The van der Waals surface area contributed by atoms with Gasteiger partial charge in [0.2, 0.25) is 0 Å². The Bertz CT molecular complexity index is 1100. The van der Waals surface area contributed by atoms with Gasteiger partial charge in [0, 0.05) is 17.1 Å². The van der Waals surface area contributed by atoms with Crippen molar-refractivity contribution in [3.05, 3.63) is 102 Å². The second-order valence-corrected chi connectivity index (χ2v) is 7.01. The molecule has 146 valence electrons. The Kier molecular flexibility index (Phi) is 5.61. The van der Waals surface area contributed by atoms with E-state index in [-0.39, 0.29) is 19.0 Å². The van der Waals surface area contributed by atoms with Crippen LogP contribution in [0.25, 0.3) is 10.9 Å². The van der Waals surface area contributed by atoms with Gasteiger partial charge in [0.25, 0.3) is 0 Å². The lowest BCUT2D eigenvalue weighted by Gasteiger charge is -2.21. The molecule has 1 atom stereocenters. The number of fused-ring (bicyclic) bond motifs is 1. The van der Waals surface area contributed by atoms with Crippen LogP contribution in [0.4, 0.5) is 0 Å². The average Bonchev–Trinajstić information content (AvgIpc) is 3.23. The number of nitrogens with one attached hydrogen (secondary N) is 1. The number of aromatic amines is 1. The molecule has 1 heterocycles. The van der Waals surface area contributed by atoms with Gasteiger partial charge >= 0.3 is 5.97 Å². The summed E-state index contributed by atoms with van der Waals surface area (Å²) in [6.45, 7) is 2.28. The fraction of sp³-hybridized carbons (Fsp3) is 0.160. The van der Waals surface area contributed by atoms with Gasteiger partial charge in [-0.25, -0.2) is 0 Å². The summed E-state index contributed by atoms with van der Waals surface area (Å²) in [6, 6.07) is 25.5. The lowest BCUT2D eigenvalue weighted by molar-refractivity contribution is -0.146. The van der Waals surface area contributed by atoms with Gasteiger partial charge in [-0.1, -0.05) is 60.7 Å². The van der Waals surface area contributed by atoms with Crippen LogP contribution >= 0.6 is 0 Å². The molecular formula is C25H23NO3. The molecule has 4 rings (SSSR count). The third-order valence-corrected chi connectivity index (χ3v) is 4.95. The zero-order valence-electron chi connectivity index (χ0n) is 16.3. The van der Waals surface area contributed by atoms with E-state index >= 15 is 0 Å². The van der Waals surface area contributed by atoms with Gasteiger partial charge in [-0.3, -0.25) is 4.79 Å². The standard InChI is InChI=1S/C25H23NO3/c1-18-8-5-6-11-20(18)24(16-25(27)28-17-19-9-3-2-4-10-19)29-23-13-7-12-22-21(23)14-15-26-22/h2-15,24,26H,16-17H2,1H3. The quantitative estimate of drug-likeness (QED) is 0.413. The summed E-state index contributed by atoms with van der Waals surface area (Å²) in [5.74, 6) is 0.455. The smallest absolute Gasteiger partial charge is 0.310 e. The number of H-pyrrole nitrogens is 1. The maximum atomic E-state index is 12.6. The molecule has 0 aliphatic rings. The van der Waals surface area contributed by atoms with Gasteiger partial charge < -0.3 is 14.5 Å². The number of benzene rings is 3. The normalized spacial score (nSPS) is 11.9. The number of esters is 1. The highest BCUT2D eigenvalue weighted by atomic mass is 16.5. The second-order valence-electron chi connectivity index (χ2n) is 7.01. The number of aromatic nitrogens is 1. The van der Waals surface area contributed by atoms with Crippen LogP contribution in [0, 0.1) is 6.92 Å². The molecule has 4 heteroatoms. The van der Waals surface area contributed by atoms with Crippen LogP contribution in [0.15, 0.2) is 85.1 Å². The lowest BCUT2D eigenvalue weighted by atomic mass is 10.0. The first-order valence-corrected chi connectivity index (χ1v) is 9.68. The third kappa shape index (κ3) is 4.49. The highest BCUT2D eigenvalue weighted by Crippen LogP contribution is 2.32. The van der Waals surface area contributed by atoms with Crippen molar-refractivity contribution in [1.29, 1.82) is 0 Å². The van der Waals surface area contributed by atoms with Crippen LogP contribution in [0.1, 0.15) is 29.2 Å². The topological polar surface area (TPSA) is 51.3 Å². The summed E-state index contributed by atoms with van der Waals surface area (Å²) in [5.41, 5.74) is 4.02. The van der Waals surface area contributed by atoms with E-state index in [1.807, 2.05) is 92.0 Å². The first kappa shape index (κ1) is 18.8. The first-order valence-electron chi connectivity index (χ1n) is 9.68. The van der Waals surface area contributed by atoms with Gasteiger partial charge in [-0.2, -0.15) is 0 Å². The largest absolute Gasteiger partial charge is 0.484 e. The molecule has 0 aliphatic carbocycles. The van der Waals surface area contributed by atoms with Crippen molar-refractivity contribution < 1.29 is 14.3 Å². The predicted molar refractivity (Wildman–Crippen MR) is 114 cm³/mol. The van der Waals surface area contributed by atoms with Gasteiger partial charge in [-0.15, -0.1) is 0 Å². The van der Waals surface area contributed by atoms with Crippen molar-refractivity contribution in [2.24, 2.45) is 0 Å². The van der Waals surface area contributed by atoms with E-state index in [1.54, 1.807) is 0 Å². The number of ether oxygens (including phenoxy) is 2. The Balaban J connectivity index is 1.55. The van der Waals surface area contributed by atoms with Gasteiger partial charge in [0.05, 0.1) is 6.42 Å². The average molecular weight is 385 g/mol. The van der Waals surface area contributed by atoms with E-state index in [1.165, 1.54) is 0 Å². The number of carbonyl (C=O) groups is 1. The van der Waals surface area contributed by atoms with Crippen LogP contribution in [0.5, 0.6) is 5.75 Å². The number of rotatable bonds is 7. The van der Waals surface area contributed by atoms with E-state index in [2.05, 4.69) is 4.98 Å². The number of aryl methyl sites for hydroxylation is 1. The van der Waals surface area contributed by atoms with Crippen LogP contribution in [0.2, 0.25) is 0 Å². The zero-order valence-corrected chi connectivity index (χ0v) is 16.3. The number of hydrogen-bond donors (Lipinski definition) is 1.